The molecule has 1 unspecified atom stereocenters. The van der Waals surface area contributed by atoms with Crippen LogP contribution in [0.2, 0.25) is 0 Å². The number of aromatic nitrogens is 2. The minimum absolute atomic E-state index is 0.567. The number of rotatable bonds is 14. The van der Waals surface area contributed by atoms with E-state index in [1.165, 1.54) is 66.6 Å². The molecule has 11 aromatic carbocycles. The van der Waals surface area contributed by atoms with Gasteiger partial charge < -0.3 is 4.57 Å². The number of hydrogen-bond acceptors (Lipinski definition) is 1. The zero-order valence-corrected chi connectivity index (χ0v) is 49.7. The van der Waals surface area contributed by atoms with Crippen LogP contribution >= 0.6 is 0 Å². The number of hydrogen-bond donors (Lipinski definition) is 0. The summed E-state index contributed by atoms with van der Waals surface area (Å²) in [5.74, 6) is 1.58. The van der Waals surface area contributed by atoms with E-state index in [-0.39, 0.29) is 0 Å². The molecule has 1 atom stereocenters. The first kappa shape index (κ1) is 54.5. The van der Waals surface area contributed by atoms with E-state index in [0.717, 1.165) is 115 Å². The molecule has 1 heterocycles. The number of fused-ring (bicyclic) bond motifs is 2. The number of allylic oxidation sites excluding steroid dienone is 9. The maximum Gasteiger partial charge on any atom is 0.140 e. The first-order valence-electron chi connectivity index (χ1n) is 30.7. The molecule has 0 spiro atoms. The number of nitrogens with zero attached hydrogens (tertiary/aromatic N) is 2. The van der Waals surface area contributed by atoms with Crippen LogP contribution in [0.4, 0.5) is 0 Å². The molecule has 418 valence electrons. The highest BCUT2D eigenvalue weighted by atomic mass is 15.1. The summed E-state index contributed by atoms with van der Waals surface area (Å²) in [6.07, 6.45) is 22.3. The van der Waals surface area contributed by atoms with Crippen molar-refractivity contribution in [1.82, 2.24) is 9.55 Å². The third-order valence-corrected chi connectivity index (χ3v) is 17.9. The zero-order valence-electron chi connectivity index (χ0n) is 49.7. The molecule has 2 heteroatoms. The largest absolute Gasteiger partial charge is 0.327 e. The second-order valence-corrected chi connectivity index (χ2v) is 23.5. The quantitative estimate of drug-likeness (QED) is 0.106. The second kappa shape index (κ2) is 23.9. The van der Waals surface area contributed by atoms with Gasteiger partial charge in [-0.05, 0) is 221 Å². The van der Waals surface area contributed by atoms with Crippen molar-refractivity contribution < 1.29 is 0 Å². The van der Waals surface area contributed by atoms with Crippen LogP contribution < -0.4 is 0 Å². The maximum absolute atomic E-state index is 5.14. The first-order chi connectivity index (χ1) is 42.8. The smallest absolute Gasteiger partial charge is 0.140 e. The Labute approximate surface area is 512 Å². The lowest BCUT2D eigenvalue weighted by Gasteiger charge is -2.23. The molecular formula is C85H68N2. The summed E-state index contributed by atoms with van der Waals surface area (Å²) in [7, 11) is 2.12. The van der Waals surface area contributed by atoms with Gasteiger partial charge in [-0.25, -0.2) is 4.98 Å². The van der Waals surface area contributed by atoms with Crippen molar-refractivity contribution in [3.63, 3.8) is 0 Å². The first-order valence-corrected chi connectivity index (χ1v) is 30.7. The van der Waals surface area contributed by atoms with Gasteiger partial charge in [0, 0.05) is 12.6 Å². The molecule has 0 radical (unpaired) electrons. The SMILES string of the molecule is C=Cc1c(/C=C\Cc2ccc(-c3ccc4c(c3)nc(C3=CCCC=C3)n4C)cc2)c(-c2cc(-c3ccccc3)cc(-c3ccccc3)c2)c2cc(-c3ccc(C4=CCC(C)C(C)=C4)cc3)ccc2c1-c1cc(-c2ccccc2)cc(-c2ccccc2)c1. The molecular weight excluding hydrogens is 1050 g/mol. The van der Waals surface area contributed by atoms with Gasteiger partial charge in [0.2, 0.25) is 0 Å². The summed E-state index contributed by atoms with van der Waals surface area (Å²) < 4.78 is 2.22. The number of benzene rings is 11. The predicted octanol–water partition coefficient (Wildman–Crippen LogP) is 23.1. The van der Waals surface area contributed by atoms with Crippen molar-refractivity contribution in [1.29, 1.82) is 0 Å². The minimum Gasteiger partial charge on any atom is -0.327 e. The zero-order chi connectivity index (χ0) is 58.8. The monoisotopic (exact) mass is 1120 g/mol. The van der Waals surface area contributed by atoms with E-state index < -0.39 is 0 Å². The maximum atomic E-state index is 5.14. The van der Waals surface area contributed by atoms with Crippen molar-refractivity contribution >= 4 is 45.1 Å². The molecule has 0 saturated heterocycles. The van der Waals surface area contributed by atoms with Crippen LogP contribution in [0.5, 0.6) is 0 Å². The Bertz CT molecular complexity index is 4610. The lowest BCUT2D eigenvalue weighted by Crippen LogP contribution is -2.00. The normalized spacial score (nSPS) is 14.1. The molecule has 0 aliphatic heterocycles. The van der Waals surface area contributed by atoms with Gasteiger partial charge in [0.15, 0.2) is 0 Å². The summed E-state index contributed by atoms with van der Waals surface area (Å²) in [6, 6.07) is 89.7. The van der Waals surface area contributed by atoms with Crippen LogP contribution in [0.1, 0.15) is 61.2 Å². The van der Waals surface area contributed by atoms with E-state index in [1.807, 2.05) is 0 Å². The van der Waals surface area contributed by atoms with E-state index in [1.54, 1.807) is 0 Å². The van der Waals surface area contributed by atoms with Gasteiger partial charge in [-0.2, -0.15) is 0 Å². The van der Waals surface area contributed by atoms with Crippen LogP contribution in [0.3, 0.4) is 0 Å². The van der Waals surface area contributed by atoms with Crippen LogP contribution in [0.25, 0.3) is 134 Å². The molecule has 1 aromatic heterocycles. The van der Waals surface area contributed by atoms with Crippen LogP contribution in [0, 0.1) is 5.92 Å². The standard InChI is InChI=1S/C85H68N2/c1-5-77-78(33-21-22-59-35-38-64(39-36-59)70-45-47-82-81(56-70)86-85(87(82)4)67-31-19-10-20-32-67)84(76-53-73(62-27-15-8-16-28-62)50-74(54-76)63-29-17-9-18-30-63)80-55-69(66-42-40-65(41-43-66)68-37-34-57(2)58(3)48-68)44-46-79(80)83(77)75-51-71(60-23-11-6-12-24-60)49-72(52-75)61-25-13-7-14-26-61/h5-9,11-19,21,23-33,35-57H,1,10,20,22,34H2,2-4H3/b33-21-. The Kier molecular flexibility index (Phi) is 15.0. The van der Waals surface area contributed by atoms with Crippen LogP contribution in [0.15, 0.2) is 291 Å². The van der Waals surface area contributed by atoms with E-state index in [2.05, 4.69) is 317 Å². The van der Waals surface area contributed by atoms with Crippen molar-refractivity contribution in [3.8, 4) is 89.0 Å². The van der Waals surface area contributed by atoms with Gasteiger partial charge in [0.05, 0.1) is 11.0 Å². The summed E-state index contributed by atoms with van der Waals surface area (Å²) in [5, 5.41) is 2.33. The van der Waals surface area contributed by atoms with E-state index >= 15 is 0 Å². The van der Waals surface area contributed by atoms with Crippen molar-refractivity contribution in [3.05, 3.63) is 319 Å². The molecule has 2 aliphatic carbocycles. The Hall–Kier alpha value is -10.4. The fraction of sp³-hybridized carbons (Fsp3) is 0.0941. The lowest BCUT2D eigenvalue weighted by molar-refractivity contribution is 0.689. The van der Waals surface area contributed by atoms with E-state index in [0.29, 0.717) is 5.92 Å². The average molecular weight is 1120 g/mol. The molecule has 0 fully saturated rings. The van der Waals surface area contributed by atoms with Gasteiger partial charge in [0.25, 0.3) is 0 Å². The summed E-state index contributed by atoms with van der Waals surface area (Å²) in [6.45, 7) is 9.31. The fourth-order valence-corrected chi connectivity index (χ4v) is 13.0. The lowest BCUT2D eigenvalue weighted by atomic mass is 9.80. The minimum atomic E-state index is 0.567. The summed E-state index contributed by atoms with van der Waals surface area (Å²) in [5.41, 5.74) is 29.3. The van der Waals surface area contributed by atoms with Gasteiger partial charge in [0.1, 0.15) is 5.82 Å². The summed E-state index contributed by atoms with van der Waals surface area (Å²) >= 11 is 0. The Balaban J connectivity index is 0.972. The molecule has 2 nitrogen and oxygen atoms in total. The number of aryl methyl sites for hydroxylation is 1. The van der Waals surface area contributed by atoms with Crippen LogP contribution in [-0.4, -0.2) is 9.55 Å². The van der Waals surface area contributed by atoms with Gasteiger partial charge in [-0.15, -0.1) is 0 Å². The fourth-order valence-electron chi connectivity index (χ4n) is 13.0. The molecule has 0 saturated carbocycles. The molecule has 0 N–H and O–H groups in total. The Morgan fingerprint density at radius 1 is 0.460 bits per heavy atom. The van der Waals surface area contributed by atoms with Crippen molar-refractivity contribution in [2.24, 2.45) is 13.0 Å². The Morgan fingerprint density at radius 2 is 0.943 bits per heavy atom. The average Bonchev–Trinajstić information content (AvgIpc) is 1.64. The van der Waals surface area contributed by atoms with Crippen molar-refractivity contribution in [2.75, 3.05) is 0 Å². The molecule has 12 aromatic rings. The van der Waals surface area contributed by atoms with Gasteiger partial charge in [-0.1, -0.05) is 256 Å². The van der Waals surface area contributed by atoms with E-state index in [9.17, 15) is 0 Å². The molecule has 14 rings (SSSR count). The molecule has 0 bridgehead atoms. The molecule has 0 amide bonds. The third kappa shape index (κ3) is 11.0. The van der Waals surface area contributed by atoms with Crippen LogP contribution in [-0.2, 0) is 13.5 Å². The Morgan fingerprint density at radius 3 is 1.47 bits per heavy atom. The van der Waals surface area contributed by atoms with Crippen molar-refractivity contribution in [2.45, 2.75) is 39.5 Å². The van der Waals surface area contributed by atoms with E-state index in [4.69, 9.17) is 11.6 Å². The van der Waals surface area contributed by atoms with Gasteiger partial charge in [-0.3, -0.25) is 0 Å². The predicted molar refractivity (Wildman–Crippen MR) is 373 cm³/mol. The highest BCUT2D eigenvalue weighted by molar-refractivity contribution is 6.14. The van der Waals surface area contributed by atoms with Gasteiger partial charge >= 0.3 is 0 Å². The molecule has 2 aliphatic rings. The topological polar surface area (TPSA) is 17.8 Å². The second-order valence-electron chi connectivity index (χ2n) is 23.5. The molecule has 87 heavy (non-hydrogen) atoms. The third-order valence-electron chi connectivity index (χ3n) is 17.9. The summed E-state index contributed by atoms with van der Waals surface area (Å²) in [4.78, 5) is 5.14. The number of imidazole rings is 1. The highest BCUT2D eigenvalue weighted by Crippen LogP contribution is 2.48. The highest BCUT2D eigenvalue weighted by Gasteiger charge is 2.23.